The standard InChI is InChI=1S/C15H16FN3O6/c1-7(20)23-5-9-3-11(24-8(2)21)15(25-9)19-4-10(16)12-13(19)17-6-18-14(12)22/h4,6,9,11,15H,3,5H2,1-2H3,(H,17,18,22)/t9-,11+,15+/m0/s1. The highest BCUT2D eigenvalue weighted by atomic mass is 19.1. The van der Waals surface area contributed by atoms with Crippen LogP contribution in [0.1, 0.15) is 26.5 Å². The molecule has 3 atom stereocenters. The lowest BCUT2D eigenvalue weighted by Crippen LogP contribution is -2.24. The number of hydrogen-bond acceptors (Lipinski definition) is 7. The number of esters is 2. The molecule has 1 N–H and O–H groups in total. The Bertz CT molecular complexity index is 876. The minimum atomic E-state index is -0.897. The molecule has 0 unspecified atom stereocenters. The Morgan fingerprint density at radius 3 is 2.88 bits per heavy atom. The summed E-state index contributed by atoms with van der Waals surface area (Å²) in [6.07, 6.45) is 0.289. The molecule has 9 nitrogen and oxygen atoms in total. The zero-order valence-electron chi connectivity index (χ0n) is 13.5. The molecule has 1 fully saturated rings. The summed E-state index contributed by atoms with van der Waals surface area (Å²) in [5, 5.41) is -0.212. The second kappa shape index (κ2) is 6.63. The van der Waals surface area contributed by atoms with Crippen molar-refractivity contribution in [2.24, 2.45) is 0 Å². The van der Waals surface area contributed by atoms with Crippen LogP contribution >= 0.6 is 0 Å². The van der Waals surface area contributed by atoms with Crippen molar-refractivity contribution in [1.82, 2.24) is 14.5 Å². The van der Waals surface area contributed by atoms with Gasteiger partial charge in [0.1, 0.15) is 18.1 Å². The van der Waals surface area contributed by atoms with Crippen LogP contribution < -0.4 is 5.56 Å². The molecule has 1 saturated heterocycles. The number of carbonyl (C=O) groups excluding carboxylic acids is 2. The second-order valence-electron chi connectivity index (χ2n) is 5.65. The topological polar surface area (TPSA) is 113 Å². The van der Waals surface area contributed by atoms with Crippen LogP contribution in [0.15, 0.2) is 17.3 Å². The highest BCUT2D eigenvalue weighted by Crippen LogP contribution is 2.34. The van der Waals surface area contributed by atoms with Crippen LogP contribution in [0.25, 0.3) is 11.0 Å². The molecule has 2 aromatic rings. The minimum absolute atomic E-state index is 0.0285. The molecule has 0 spiro atoms. The molecule has 0 saturated carbocycles. The lowest BCUT2D eigenvalue weighted by molar-refractivity contribution is -0.152. The molecule has 1 aliphatic heterocycles. The molecule has 0 amide bonds. The molecule has 0 aliphatic carbocycles. The largest absolute Gasteiger partial charge is 0.463 e. The molecule has 0 aromatic carbocycles. The van der Waals surface area contributed by atoms with Gasteiger partial charge in [0, 0.05) is 26.5 Å². The molecule has 0 bridgehead atoms. The quantitative estimate of drug-likeness (QED) is 0.803. The summed E-state index contributed by atoms with van der Waals surface area (Å²) < 4.78 is 31.4. The van der Waals surface area contributed by atoms with Crippen molar-refractivity contribution in [2.45, 2.75) is 38.7 Å². The van der Waals surface area contributed by atoms with Gasteiger partial charge in [0.15, 0.2) is 17.7 Å². The second-order valence-corrected chi connectivity index (χ2v) is 5.65. The van der Waals surface area contributed by atoms with Gasteiger partial charge in [-0.2, -0.15) is 0 Å². The van der Waals surface area contributed by atoms with Crippen LogP contribution in [0.2, 0.25) is 0 Å². The van der Waals surface area contributed by atoms with Gasteiger partial charge in [-0.25, -0.2) is 9.37 Å². The van der Waals surface area contributed by atoms with Crippen molar-refractivity contribution < 1.29 is 28.2 Å². The van der Waals surface area contributed by atoms with Gasteiger partial charge in [-0.15, -0.1) is 0 Å². The average molecular weight is 353 g/mol. The van der Waals surface area contributed by atoms with Crippen LogP contribution in [0.3, 0.4) is 0 Å². The van der Waals surface area contributed by atoms with Gasteiger partial charge in [-0.05, 0) is 0 Å². The number of carbonyl (C=O) groups is 2. The highest BCUT2D eigenvalue weighted by Gasteiger charge is 2.40. The van der Waals surface area contributed by atoms with Crippen molar-refractivity contribution in [3.63, 3.8) is 0 Å². The van der Waals surface area contributed by atoms with E-state index in [0.29, 0.717) is 0 Å². The zero-order chi connectivity index (χ0) is 18.1. The Hall–Kier alpha value is -2.75. The molecule has 134 valence electrons. The summed E-state index contributed by atoms with van der Waals surface area (Å²) in [7, 11) is 0. The predicted molar refractivity (Wildman–Crippen MR) is 81.0 cm³/mol. The minimum Gasteiger partial charge on any atom is -0.463 e. The Balaban J connectivity index is 1.95. The first-order valence-corrected chi connectivity index (χ1v) is 7.56. The van der Waals surface area contributed by atoms with E-state index in [9.17, 15) is 18.8 Å². The van der Waals surface area contributed by atoms with Crippen LogP contribution in [-0.4, -0.2) is 45.3 Å². The number of H-pyrrole nitrogens is 1. The number of rotatable bonds is 4. The summed E-state index contributed by atoms with van der Waals surface area (Å²) in [5.74, 6) is -1.77. The van der Waals surface area contributed by atoms with E-state index < -0.39 is 41.8 Å². The third-order valence-corrected chi connectivity index (χ3v) is 3.78. The number of nitrogens with zero attached hydrogens (tertiary/aromatic N) is 2. The molecule has 10 heteroatoms. The van der Waals surface area contributed by atoms with E-state index in [1.54, 1.807) is 0 Å². The number of ether oxygens (including phenoxy) is 3. The van der Waals surface area contributed by atoms with E-state index in [0.717, 1.165) is 12.5 Å². The molecule has 2 aromatic heterocycles. The lowest BCUT2D eigenvalue weighted by Gasteiger charge is -2.20. The summed E-state index contributed by atoms with van der Waals surface area (Å²) in [4.78, 5) is 40.4. The number of hydrogen-bond donors (Lipinski definition) is 1. The fourth-order valence-corrected chi connectivity index (χ4v) is 2.84. The van der Waals surface area contributed by atoms with Gasteiger partial charge < -0.3 is 19.2 Å². The molecular formula is C15H16FN3O6. The van der Waals surface area contributed by atoms with E-state index in [1.165, 1.54) is 18.4 Å². The molecule has 1 aliphatic rings. The normalized spacial score (nSPS) is 22.9. The molecular weight excluding hydrogens is 337 g/mol. The number of aromatic nitrogens is 3. The van der Waals surface area contributed by atoms with Gasteiger partial charge in [0.2, 0.25) is 0 Å². The maximum atomic E-state index is 14.1. The van der Waals surface area contributed by atoms with Crippen molar-refractivity contribution in [2.75, 3.05) is 6.61 Å². The van der Waals surface area contributed by atoms with Crippen LogP contribution in [0.4, 0.5) is 4.39 Å². The fraction of sp³-hybridized carbons (Fsp3) is 0.467. The Labute approximate surface area is 140 Å². The summed E-state index contributed by atoms with van der Waals surface area (Å²) in [5.41, 5.74) is -0.559. The number of aromatic amines is 1. The first-order valence-electron chi connectivity index (χ1n) is 7.56. The van der Waals surface area contributed by atoms with Gasteiger partial charge in [-0.1, -0.05) is 0 Å². The highest BCUT2D eigenvalue weighted by molar-refractivity contribution is 5.75. The SMILES string of the molecule is CC(=O)OC[C@@H]1C[C@@H](OC(C)=O)[C@H](n2cc(F)c3c(=O)[nH]cnc32)O1. The lowest BCUT2D eigenvalue weighted by atomic mass is 10.2. The van der Waals surface area contributed by atoms with Crippen LogP contribution in [-0.2, 0) is 23.8 Å². The molecule has 3 rings (SSSR count). The van der Waals surface area contributed by atoms with Crippen LogP contribution in [0, 0.1) is 5.82 Å². The Morgan fingerprint density at radius 1 is 1.44 bits per heavy atom. The summed E-state index contributed by atoms with van der Waals surface area (Å²) in [6.45, 7) is 2.48. The van der Waals surface area contributed by atoms with E-state index >= 15 is 0 Å². The van der Waals surface area contributed by atoms with Crippen LogP contribution in [0.5, 0.6) is 0 Å². The van der Waals surface area contributed by atoms with E-state index in [-0.39, 0.29) is 24.1 Å². The maximum absolute atomic E-state index is 14.1. The van der Waals surface area contributed by atoms with E-state index in [2.05, 4.69) is 9.97 Å². The van der Waals surface area contributed by atoms with E-state index in [4.69, 9.17) is 14.2 Å². The molecule has 3 heterocycles. The third-order valence-electron chi connectivity index (χ3n) is 3.78. The predicted octanol–water partition coefficient (Wildman–Crippen LogP) is 0.646. The fourth-order valence-electron chi connectivity index (χ4n) is 2.84. The summed E-state index contributed by atoms with van der Waals surface area (Å²) in [6, 6.07) is 0. The van der Waals surface area contributed by atoms with Crippen molar-refractivity contribution in [3.05, 3.63) is 28.7 Å². The average Bonchev–Trinajstić information content (AvgIpc) is 3.06. The van der Waals surface area contributed by atoms with Gasteiger partial charge >= 0.3 is 11.9 Å². The Kier molecular flexibility index (Phi) is 4.53. The number of fused-ring (bicyclic) bond motifs is 1. The van der Waals surface area contributed by atoms with Gasteiger partial charge in [0.05, 0.1) is 12.4 Å². The van der Waals surface area contributed by atoms with Gasteiger partial charge in [0.25, 0.3) is 5.56 Å². The number of nitrogens with one attached hydrogen (secondary N) is 1. The third kappa shape index (κ3) is 3.38. The van der Waals surface area contributed by atoms with Crippen molar-refractivity contribution >= 4 is 23.0 Å². The van der Waals surface area contributed by atoms with Gasteiger partial charge in [-0.3, -0.25) is 19.0 Å². The maximum Gasteiger partial charge on any atom is 0.303 e. The molecule has 25 heavy (non-hydrogen) atoms. The van der Waals surface area contributed by atoms with Crippen molar-refractivity contribution in [1.29, 1.82) is 0 Å². The number of halogens is 1. The Morgan fingerprint density at radius 2 is 2.20 bits per heavy atom. The van der Waals surface area contributed by atoms with E-state index in [1.807, 2.05) is 0 Å². The monoisotopic (exact) mass is 353 g/mol. The smallest absolute Gasteiger partial charge is 0.303 e. The summed E-state index contributed by atoms with van der Waals surface area (Å²) >= 11 is 0. The first kappa shape index (κ1) is 17.1. The molecule has 0 radical (unpaired) electrons. The zero-order valence-corrected chi connectivity index (χ0v) is 13.5. The first-order chi connectivity index (χ1) is 11.9. The van der Waals surface area contributed by atoms with Crippen molar-refractivity contribution in [3.8, 4) is 0 Å².